The fourth-order valence-electron chi connectivity index (χ4n) is 1.49. The Kier molecular flexibility index (Phi) is 5.44. The number of benzene rings is 1. The molecule has 0 fully saturated rings. The number of nitrogens with zero attached hydrogens (tertiary/aromatic N) is 1. The third kappa shape index (κ3) is 5.96. The topological polar surface area (TPSA) is 29.5 Å². The van der Waals surface area contributed by atoms with E-state index in [0.29, 0.717) is 13.1 Å². The van der Waals surface area contributed by atoms with Gasteiger partial charge in [-0.3, -0.25) is 4.90 Å². The summed E-state index contributed by atoms with van der Waals surface area (Å²) >= 11 is 0. The van der Waals surface area contributed by atoms with E-state index in [1.54, 1.807) is 11.8 Å². The van der Waals surface area contributed by atoms with Gasteiger partial charge < -0.3 is 4.74 Å². The first-order valence-corrected chi connectivity index (χ1v) is 6.34. The van der Waals surface area contributed by atoms with E-state index in [9.17, 15) is 4.79 Å². The molecule has 0 aliphatic rings. The maximum Gasteiger partial charge on any atom is 0.411 e. The molecule has 0 aliphatic carbocycles. The van der Waals surface area contributed by atoms with E-state index in [4.69, 9.17) is 4.74 Å². The highest BCUT2D eigenvalue weighted by Gasteiger charge is 2.21. The van der Waals surface area contributed by atoms with E-state index in [1.807, 2.05) is 51.1 Å². The summed E-state index contributed by atoms with van der Waals surface area (Å²) in [6.07, 6.45) is -0.334. The Morgan fingerprint density at radius 3 is 2.42 bits per heavy atom. The van der Waals surface area contributed by atoms with Crippen LogP contribution < -0.4 is 0 Å². The van der Waals surface area contributed by atoms with Crippen molar-refractivity contribution < 1.29 is 9.53 Å². The molecular formula is C16H21NO2. The molecular weight excluding hydrogens is 238 g/mol. The summed E-state index contributed by atoms with van der Waals surface area (Å²) < 4.78 is 5.39. The Morgan fingerprint density at radius 2 is 1.89 bits per heavy atom. The number of carbonyl (C=O) groups excluding carboxylic acids is 1. The molecule has 0 aliphatic heterocycles. The van der Waals surface area contributed by atoms with Gasteiger partial charge in [-0.1, -0.05) is 36.3 Å². The van der Waals surface area contributed by atoms with Crippen LogP contribution in [0.2, 0.25) is 0 Å². The molecule has 0 spiro atoms. The lowest BCUT2D eigenvalue weighted by molar-refractivity contribution is 0.0260. The zero-order chi connectivity index (χ0) is 14.3. The fourth-order valence-corrected chi connectivity index (χ4v) is 1.49. The van der Waals surface area contributed by atoms with E-state index in [1.165, 1.54) is 0 Å². The van der Waals surface area contributed by atoms with E-state index in [0.717, 1.165) is 5.56 Å². The van der Waals surface area contributed by atoms with Gasteiger partial charge in [-0.15, -0.1) is 5.92 Å². The van der Waals surface area contributed by atoms with E-state index < -0.39 is 5.60 Å². The SMILES string of the molecule is CC#CCN(Cc1ccccc1)C(=O)OC(C)(C)C. The summed E-state index contributed by atoms with van der Waals surface area (Å²) in [6, 6.07) is 9.82. The largest absolute Gasteiger partial charge is 0.444 e. The molecule has 1 rings (SSSR count). The lowest BCUT2D eigenvalue weighted by Gasteiger charge is -2.26. The van der Waals surface area contributed by atoms with Gasteiger partial charge in [-0.05, 0) is 33.3 Å². The van der Waals surface area contributed by atoms with Crippen LogP contribution in [0.5, 0.6) is 0 Å². The molecule has 0 saturated heterocycles. The van der Waals surface area contributed by atoms with E-state index in [2.05, 4.69) is 11.8 Å². The van der Waals surface area contributed by atoms with Gasteiger partial charge in [-0.25, -0.2) is 4.79 Å². The number of carbonyl (C=O) groups is 1. The molecule has 0 aromatic heterocycles. The molecule has 19 heavy (non-hydrogen) atoms. The highest BCUT2D eigenvalue weighted by molar-refractivity contribution is 5.68. The van der Waals surface area contributed by atoms with Gasteiger partial charge in [0, 0.05) is 6.54 Å². The van der Waals surface area contributed by atoms with Crippen LogP contribution in [0.4, 0.5) is 4.79 Å². The molecule has 3 nitrogen and oxygen atoms in total. The summed E-state index contributed by atoms with van der Waals surface area (Å²) in [5, 5.41) is 0. The van der Waals surface area contributed by atoms with Crippen molar-refractivity contribution in [3.05, 3.63) is 35.9 Å². The molecule has 0 radical (unpaired) electrons. The van der Waals surface area contributed by atoms with E-state index >= 15 is 0 Å². The zero-order valence-electron chi connectivity index (χ0n) is 12.1. The van der Waals surface area contributed by atoms with Crippen molar-refractivity contribution in [2.24, 2.45) is 0 Å². The quantitative estimate of drug-likeness (QED) is 0.778. The van der Waals surface area contributed by atoms with Crippen molar-refractivity contribution in [3.63, 3.8) is 0 Å². The first kappa shape index (κ1) is 15.1. The molecule has 1 aromatic carbocycles. The standard InChI is InChI=1S/C16H21NO2/c1-5-6-12-17(15(18)19-16(2,3)4)13-14-10-8-7-9-11-14/h7-11H,12-13H2,1-4H3. The summed E-state index contributed by atoms with van der Waals surface area (Å²) in [6.45, 7) is 8.21. The van der Waals surface area contributed by atoms with Gasteiger partial charge >= 0.3 is 6.09 Å². The number of rotatable bonds is 3. The second kappa shape index (κ2) is 6.84. The summed E-state index contributed by atoms with van der Waals surface area (Å²) in [5.74, 6) is 5.71. The molecule has 0 unspecified atom stereocenters. The van der Waals surface area contributed by atoms with Crippen molar-refractivity contribution in [2.45, 2.75) is 39.8 Å². The predicted molar refractivity (Wildman–Crippen MR) is 76.5 cm³/mol. The van der Waals surface area contributed by atoms with Crippen LogP contribution in [0.3, 0.4) is 0 Å². The maximum absolute atomic E-state index is 12.1. The van der Waals surface area contributed by atoms with Crippen molar-refractivity contribution >= 4 is 6.09 Å². The van der Waals surface area contributed by atoms with Gasteiger partial charge in [0.05, 0.1) is 6.54 Å². The Bertz CT molecular complexity index is 463. The maximum atomic E-state index is 12.1. The van der Waals surface area contributed by atoms with Crippen LogP contribution in [0, 0.1) is 11.8 Å². The first-order chi connectivity index (χ1) is 8.92. The smallest absolute Gasteiger partial charge is 0.411 e. The van der Waals surface area contributed by atoms with Crippen LogP contribution in [0.1, 0.15) is 33.3 Å². The molecule has 0 atom stereocenters. The summed E-state index contributed by atoms with van der Waals surface area (Å²) in [4.78, 5) is 13.7. The highest BCUT2D eigenvalue weighted by atomic mass is 16.6. The molecule has 0 bridgehead atoms. The normalized spacial score (nSPS) is 10.3. The fraction of sp³-hybridized carbons (Fsp3) is 0.438. The van der Waals surface area contributed by atoms with Crippen LogP contribution >= 0.6 is 0 Å². The molecule has 1 aromatic rings. The van der Waals surface area contributed by atoms with Crippen LogP contribution in [-0.2, 0) is 11.3 Å². The molecule has 102 valence electrons. The predicted octanol–water partition coefficient (Wildman–Crippen LogP) is 3.45. The second-order valence-corrected chi connectivity index (χ2v) is 5.25. The van der Waals surface area contributed by atoms with Crippen LogP contribution in [-0.4, -0.2) is 23.1 Å². The summed E-state index contributed by atoms with van der Waals surface area (Å²) in [5.41, 5.74) is 0.567. The Morgan fingerprint density at radius 1 is 1.26 bits per heavy atom. The minimum absolute atomic E-state index is 0.334. The minimum Gasteiger partial charge on any atom is -0.444 e. The van der Waals surface area contributed by atoms with Gasteiger partial charge in [0.15, 0.2) is 0 Å². The lowest BCUT2D eigenvalue weighted by Crippen LogP contribution is -2.36. The molecule has 3 heteroatoms. The minimum atomic E-state index is -0.494. The third-order valence-corrected chi connectivity index (χ3v) is 2.31. The number of hydrogen-bond acceptors (Lipinski definition) is 2. The Hall–Kier alpha value is -1.95. The molecule has 0 heterocycles. The monoisotopic (exact) mass is 259 g/mol. The van der Waals surface area contributed by atoms with Gasteiger partial charge in [-0.2, -0.15) is 0 Å². The summed E-state index contributed by atoms with van der Waals surface area (Å²) in [7, 11) is 0. The van der Waals surface area contributed by atoms with Gasteiger partial charge in [0.1, 0.15) is 5.60 Å². The van der Waals surface area contributed by atoms with Crippen molar-refractivity contribution in [1.29, 1.82) is 0 Å². The van der Waals surface area contributed by atoms with Gasteiger partial charge in [0.2, 0.25) is 0 Å². The van der Waals surface area contributed by atoms with E-state index in [-0.39, 0.29) is 6.09 Å². The lowest BCUT2D eigenvalue weighted by atomic mass is 10.2. The van der Waals surface area contributed by atoms with Crippen LogP contribution in [0.15, 0.2) is 30.3 Å². The zero-order valence-corrected chi connectivity index (χ0v) is 12.1. The number of hydrogen-bond donors (Lipinski definition) is 0. The third-order valence-electron chi connectivity index (χ3n) is 2.31. The average Bonchev–Trinajstić information content (AvgIpc) is 2.33. The Balaban J connectivity index is 2.76. The molecule has 0 saturated carbocycles. The number of amides is 1. The second-order valence-electron chi connectivity index (χ2n) is 5.25. The first-order valence-electron chi connectivity index (χ1n) is 6.34. The van der Waals surface area contributed by atoms with Crippen LogP contribution in [0.25, 0.3) is 0 Å². The van der Waals surface area contributed by atoms with Crippen molar-refractivity contribution in [1.82, 2.24) is 4.90 Å². The molecule has 0 N–H and O–H groups in total. The molecule has 1 amide bonds. The number of ether oxygens (including phenoxy) is 1. The Labute approximate surface area is 115 Å². The highest BCUT2D eigenvalue weighted by Crippen LogP contribution is 2.12. The van der Waals surface area contributed by atoms with Crippen molar-refractivity contribution in [2.75, 3.05) is 6.54 Å². The van der Waals surface area contributed by atoms with Gasteiger partial charge in [0.25, 0.3) is 0 Å². The average molecular weight is 259 g/mol. The van der Waals surface area contributed by atoms with Crippen molar-refractivity contribution in [3.8, 4) is 11.8 Å².